The van der Waals surface area contributed by atoms with E-state index in [0.29, 0.717) is 30.4 Å². The van der Waals surface area contributed by atoms with Crippen LogP contribution in [0.2, 0.25) is 0 Å². The Bertz CT molecular complexity index is 569. The van der Waals surface area contributed by atoms with E-state index in [1.165, 1.54) is 7.11 Å². The maximum absolute atomic E-state index is 11.6. The van der Waals surface area contributed by atoms with Gasteiger partial charge in [-0.2, -0.15) is 0 Å². The third-order valence-corrected chi connectivity index (χ3v) is 3.03. The number of allylic oxidation sites excluding steroid dienone is 1. The van der Waals surface area contributed by atoms with Crippen molar-refractivity contribution < 1.29 is 23.8 Å². The molecule has 0 saturated carbocycles. The van der Waals surface area contributed by atoms with Crippen molar-refractivity contribution in [3.05, 3.63) is 36.4 Å². The lowest BCUT2D eigenvalue weighted by Crippen LogP contribution is -2.32. The summed E-state index contributed by atoms with van der Waals surface area (Å²) in [4.78, 5) is 23.1. The Kier molecular flexibility index (Phi) is 8.39. The second kappa shape index (κ2) is 10.3. The minimum atomic E-state index is -0.619. The van der Waals surface area contributed by atoms with Crippen LogP contribution in [0.4, 0.5) is 0 Å². The van der Waals surface area contributed by atoms with Gasteiger partial charge in [0.25, 0.3) is 5.91 Å². The Balaban J connectivity index is 2.43. The molecule has 1 N–H and O–H groups in total. The molecule has 24 heavy (non-hydrogen) atoms. The molecule has 0 atom stereocenters. The highest BCUT2D eigenvalue weighted by atomic mass is 16.6. The first-order valence-electron chi connectivity index (χ1n) is 7.79. The Labute approximate surface area is 142 Å². The zero-order valence-electron chi connectivity index (χ0n) is 14.5. The number of hydrogen-bond acceptors (Lipinski definition) is 5. The molecule has 0 aliphatic carbocycles. The topological polar surface area (TPSA) is 73.9 Å². The van der Waals surface area contributed by atoms with E-state index < -0.39 is 5.97 Å². The van der Waals surface area contributed by atoms with Crippen LogP contribution >= 0.6 is 0 Å². The van der Waals surface area contributed by atoms with Crippen LogP contribution in [-0.4, -0.2) is 38.7 Å². The smallest absolute Gasteiger partial charge is 0.344 e. The van der Waals surface area contributed by atoms with Crippen molar-refractivity contribution in [1.82, 2.24) is 5.32 Å². The van der Waals surface area contributed by atoms with Crippen LogP contribution in [-0.2, 0) is 20.7 Å². The predicted octanol–water partition coefficient (Wildman–Crippen LogP) is 2.12. The van der Waals surface area contributed by atoms with Crippen LogP contribution < -0.4 is 14.8 Å². The van der Waals surface area contributed by atoms with E-state index >= 15 is 0 Å². The number of ether oxygens (including phenoxy) is 3. The van der Waals surface area contributed by atoms with Gasteiger partial charge in [-0.3, -0.25) is 4.79 Å². The predicted molar refractivity (Wildman–Crippen MR) is 91.2 cm³/mol. The van der Waals surface area contributed by atoms with E-state index in [-0.39, 0.29) is 19.1 Å². The molecule has 0 fully saturated rings. The Morgan fingerprint density at radius 1 is 1.25 bits per heavy atom. The molecule has 1 aromatic carbocycles. The van der Waals surface area contributed by atoms with Crippen LogP contribution in [0.25, 0.3) is 0 Å². The van der Waals surface area contributed by atoms with Crippen LogP contribution in [0.15, 0.2) is 30.9 Å². The van der Waals surface area contributed by atoms with E-state index in [2.05, 4.69) is 11.9 Å². The van der Waals surface area contributed by atoms with E-state index in [1.54, 1.807) is 12.1 Å². The van der Waals surface area contributed by atoms with Gasteiger partial charge in [0.15, 0.2) is 24.7 Å². The molecule has 0 bridgehead atoms. The molecule has 0 radical (unpaired) electrons. The first-order chi connectivity index (χ1) is 11.5. The van der Waals surface area contributed by atoms with Crippen molar-refractivity contribution in [2.75, 3.05) is 26.9 Å². The number of amides is 1. The number of carbonyl (C=O) groups is 2. The third-order valence-electron chi connectivity index (χ3n) is 3.03. The normalized spacial score (nSPS) is 10.2. The van der Waals surface area contributed by atoms with E-state index in [4.69, 9.17) is 14.2 Å². The van der Waals surface area contributed by atoms with Gasteiger partial charge in [-0.25, -0.2) is 4.79 Å². The maximum Gasteiger partial charge on any atom is 0.344 e. The summed E-state index contributed by atoms with van der Waals surface area (Å²) in [6, 6.07) is 5.41. The van der Waals surface area contributed by atoms with Crippen molar-refractivity contribution in [3.63, 3.8) is 0 Å². The summed E-state index contributed by atoms with van der Waals surface area (Å²) in [6.07, 6.45) is 2.50. The zero-order valence-corrected chi connectivity index (χ0v) is 14.5. The van der Waals surface area contributed by atoms with E-state index in [0.717, 1.165) is 5.56 Å². The van der Waals surface area contributed by atoms with Gasteiger partial charge < -0.3 is 19.5 Å². The van der Waals surface area contributed by atoms with E-state index in [9.17, 15) is 9.59 Å². The standard InChI is InChI=1S/C18H25NO5/c1-5-6-14-7-8-15(16(9-14)22-4)23-12-18(21)24-11-17(20)19-10-13(2)3/h5,7-9,13H,1,6,10-12H2,2-4H3,(H,19,20). The highest BCUT2D eigenvalue weighted by Gasteiger charge is 2.11. The summed E-state index contributed by atoms with van der Waals surface area (Å²) >= 11 is 0. The van der Waals surface area contributed by atoms with Gasteiger partial charge >= 0.3 is 5.97 Å². The number of rotatable bonds is 10. The van der Waals surface area contributed by atoms with Crippen molar-refractivity contribution in [2.45, 2.75) is 20.3 Å². The van der Waals surface area contributed by atoms with Gasteiger partial charge in [-0.1, -0.05) is 26.0 Å². The van der Waals surface area contributed by atoms with Crippen LogP contribution in [0.1, 0.15) is 19.4 Å². The Morgan fingerprint density at radius 2 is 2.00 bits per heavy atom. The fourth-order valence-electron chi connectivity index (χ4n) is 1.82. The van der Waals surface area contributed by atoms with Crippen LogP contribution in [0.3, 0.4) is 0 Å². The van der Waals surface area contributed by atoms with Crippen molar-refractivity contribution in [2.24, 2.45) is 5.92 Å². The van der Waals surface area contributed by atoms with Gasteiger partial charge in [0, 0.05) is 6.54 Å². The number of hydrogen-bond donors (Lipinski definition) is 1. The molecular formula is C18H25NO5. The molecule has 0 aliphatic rings. The number of benzene rings is 1. The fourth-order valence-corrected chi connectivity index (χ4v) is 1.82. The van der Waals surface area contributed by atoms with Gasteiger partial charge in [-0.15, -0.1) is 6.58 Å². The quantitative estimate of drug-likeness (QED) is 0.524. The summed E-state index contributed by atoms with van der Waals surface area (Å²) < 4.78 is 15.5. The first kappa shape index (κ1) is 19.5. The molecular weight excluding hydrogens is 310 g/mol. The summed E-state index contributed by atoms with van der Waals surface area (Å²) in [6.45, 7) is 7.58. The molecule has 132 valence electrons. The van der Waals surface area contributed by atoms with Crippen molar-refractivity contribution in [3.8, 4) is 11.5 Å². The van der Waals surface area contributed by atoms with Crippen molar-refractivity contribution >= 4 is 11.9 Å². The van der Waals surface area contributed by atoms with Crippen LogP contribution in [0.5, 0.6) is 11.5 Å². The highest BCUT2D eigenvalue weighted by molar-refractivity contribution is 5.80. The van der Waals surface area contributed by atoms with Gasteiger partial charge in [0.1, 0.15) is 0 Å². The van der Waals surface area contributed by atoms with Gasteiger partial charge in [-0.05, 0) is 30.0 Å². The number of esters is 1. The van der Waals surface area contributed by atoms with Gasteiger partial charge in [0.05, 0.1) is 7.11 Å². The fraction of sp³-hybridized carbons (Fsp3) is 0.444. The average Bonchev–Trinajstić information content (AvgIpc) is 2.56. The molecule has 1 aromatic rings. The second-order valence-corrected chi connectivity index (χ2v) is 5.63. The summed E-state index contributed by atoms with van der Waals surface area (Å²) in [5.74, 6) is 0.350. The molecule has 6 heteroatoms. The van der Waals surface area contributed by atoms with E-state index in [1.807, 2.05) is 26.0 Å². The summed E-state index contributed by atoms with van der Waals surface area (Å²) in [5.41, 5.74) is 1.03. The molecule has 0 spiro atoms. The van der Waals surface area contributed by atoms with Gasteiger partial charge in [0.2, 0.25) is 0 Å². The number of nitrogens with one attached hydrogen (secondary N) is 1. The SMILES string of the molecule is C=CCc1ccc(OCC(=O)OCC(=O)NCC(C)C)c(OC)c1. The lowest BCUT2D eigenvalue weighted by atomic mass is 10.1. The molecule has 0 heterocycles. The maximum atomic E-state index is 11.6. The highest BCUT2D eigenvalue weighted by Crippen LogP contribution is 2.28. The molecule has 1 amide bonds. The lowest BCUT2D eigenvalue weighted by Gasteiger charge is -2.12. The second-order valence-electron chi connectivity index (χ2n) is 5.63. The number of carbonyl (C=O) groups excluding carboxylic acids is 2. The molecule has 1 rings (SSSR count). The summed E-state index contributed by atoms with van der Waals surface area (Å²) in [5, 5.41) is 2.66. The van der Waals surface area contributed by atoms with Crippen molar-refractivity contribution in [1.29, 1.82) is 0 Å². The molecule has 0 aliphatic heterocycles. The lowest BCUT2D eigenvalue weighted by molar-refractivity contribution is -0.150. The zero-order chi connectivity index (χ0) is 17.9. The molecule has 6 nitrogen and oxygen atoms in total. The monoisotopic (exact) mass is 335 g/mol. The Hall–Kier alpha value is -2.50. The minimum Gasteiger partial charge on any atom is -0.493 e. The summed E-state index contributed by atoms with van der Waals surface area (Å²) in [7, 11) is 1.53. The first-order valence-corrected chi connectivity index (χ1v) is 7.79. The molecule has 0 saturated heterocycles. The van der Waals surface area contributed by atoms with Crippen LogP contribution in [0, 0.1) is 5.92 Å². The minimum absolute atomic E-state index is 0.297. The molecule has 0 aromatic heterocycles. The Morgan fingerprint density at radius 3 is 2.62 bits per heavy atom. The molecule has 0 unspecified atom stereocenters. The largest absolute Gasteiger partial charge is 0.493 e. The number of methoxy groups -OCH3 is 1. The average molecular weight is 335 g/mol. The third kappa shape index (κ3) is 7.17.